The second-order valence-electron chi connectivity index (χ2n) is 14.8. The van der Waals surface area contributed by atoms with Crippen LogP contribution in [0.25, 0.3) is 116 Å². The zero-order valence-corrected chi connectivity index (χ0v) is 30.5. The summed E-state index contributed by atoms with van der Waals surface area (Å²) >= 11 is 0. The van der Waals surface area contributed by atoms with E-state index in [0.717, 1.165) is 55.2 Å². The first-order valence-electron chi connectivity index (χ1n) is 19.3. The maximum absolute atomic E-state index is 5.48. The van der Waals surface area contributed by atoms with Gasteiger partial charge in [-0.25, -0.2) is 4.98 Å². The summed E-state index contributed by atoms with van der Waals surface area (Å²) in [4.78, 5) is 16.4. The molecule has 8 aromatic carbocycles. The van der Waals surface area contributed by atoms with Crippen LogP contribution in [0.5, 0.6) is 0 Å². The highest BCUT2D eigenvalue weighted by molar-refractivity contribution is 6.25. The topological polar surface area (TPSA) is 52.9 Å². The molecule has 13 aromatic rings. The van der Waals surface area contributed by atoms with Crippen molar-refractivity contribution in [1.29, 1.82) is 0 Å². The lowest BCUT2D eigenvalue weighted by molar-refractivity contribution is 0.952. The first kappa shape index (κ1) is 30.5. The molecule has 0 spiro atoms. The van der Waals surface area contributed by atoms with Crippen LogP contribution < -0.4 is 0 Å². The Kier molecular flexibility index (Phi) is 6.07. The lowest BCUT2D eigenvalue weighted by Gasteiger charge is -2.15. The predicted octanol–water partition coefficient (Wildman–Crippen LogP) is 12.5. The third kappa shape index (κ3) is 4.10. The van der Waals surface area contributed by atoms with Gasteiger partial charge in [0.2, 0.25) is 5.95 Å². The van der Waals surface area contributed by atoms with Crippen LogP contribution in [0.3, 0.4) is 0 Å². The lowest BCUT2D eigenvalue weighted by atomic mass is 10.1. The SMILES string of the molecule is c1ccc(-n2c3ccccc3c3ccccc32)c(-c2nc(-c3cccc4c5cccc6c7ccccc7n(c34)c65)nc(-n3c4ccccc4c4ccccc43)n2)c1. The summed E-state index contributed by atoms with van der Waals surface area (Å²) in [5.74, 6) is 1.79. The van der Waals surface area contributed by atoms with Gasteiger partial charge in [-0.1, -0.05) is 133 Å². The molecule has 0 saturated carbocycles. The van der Waals surface area contributed by atoms with E-state index >= 15 is 0 Å². The fourth-order valence-electron chi connectivity index (χ4n) is 9.53. The molecule has 0 fully saturated rings. The molecule has 0 aliphatic rings. The Balaban J connectivity index is 1.17. The van der Waals surface area contributed by atoms with Gasteiger partial charge >= 0.3 is 0 Å². The van der Waals surface area contributed by atoms with Crippen LogP contribution >= 0.6 is 0 Å². The monoisotopic (exact) mass is 726 g/mol. The fraction of sp³-hybridized carbons (Fsp3) is 0. The van der Waals surface area contributed by atoms with Crippen LogP contribution in [0.4, 0.5) is 0 Å². The molecule has 0 radical (unpaired) electrons. The summed E-state index contributed by atoms with van der Waals surface area (Å²) in [5, 5.41) is 9.58. The van der Waals surface area contributed by atoms with E-state index in [1.165, 1.54) is 43.4 Å². The quantitative estimate of drug-likeness (QED) is 0.181. The molecule has 5 aromatic heterocycles. The molecular weight excluding hydrogens is 697 g/mol. The third-order valence-corrected chi connectivity index (χ3v) is 11.9. The summed E-state index contributed by atoms with van der Waals surface area (Å²) in [6.45, 7) is 0. The maximum atomic E-state index is 5.48. The molecular formula is C51H30N6. The van der Waals surface area contributed by atoms with Crippen molar-refractivity contribution < 1.29 is 0 Å². The van der Waals surface area contributed by atoms with Gasteiger partial charge in [-0.05, 0) is 48.5 Å². The molecule has 0 bridgehead atoms. The Hall–Kier alpha value is -7.83. The van der Waals surface area contributed by atoms with Crippen molar-refractivity contribution in [2.24, 2.45) is 0 Å². The van der Waals surface area contributed by atoms with E-state index in [0.29, 0.717) is 17.6 Å². The molecule has 0 aliphatic heterocycles. The van der Waals surface area contributed by atoms with Crippen molar-refractivity contribution in [2.75, 3.05) is 0 Å². The third-order valence-electron chi connectivity index (χ3n) is 11.9. The lowest BCUT2D eigenvalue weighted by Crippen LogP contribution is -2.08. The zero-order chi connectivity index (χ0) is 37.2. The Morgan fingerprint density at radius 1 is 0.281 bits per heavy atom. The number of hydrogen-bond donors (Lipinski definition) is 0. The molecule has 5 heterocycles. The highest BCUT2D eigenvalue weighted by Crippen LogP contribution is 2.43. The van der Waals surface area contributed by atoms with Crippen LogP contribution in [0.1, 0.15) is 0 Å². The Morgan fingerprint density at radius 3 is 1.26 bits per heavy atom. The van der Waals surface area contributed by atoms with Gasteiger partial charge < -0.3 is 8.97 Å². The second kappa shape index (κ2) is 11.4. The van der Waals surface area contributed by atoms with Crippen LogP contribution in [0, 0.1) is 0 Å². The van der Waals surface area contributed by atoms with Crippen molar-refractivity contribution in [3.05, 3.63) is 182 Å². The van der Waals surface area contributed by atoms with Gasteiger partial charge in [-0.3, -0.25) is 4.57 Å². The summed E-state index contributed by atoms with van der Waals surface area (Å²) in [7, 11) is 0. The van der Waals surface area contributed by atoms with Crippen molar-refractivity contribution in [3.8, 4) is 34.4 Å². The molecule has 13 rings (SSSR count). The van der Waals surface area contributed by atoms with Crippen LogP contribution in [-0.4, -0.2) is 28.5 Å². The van der Waals surface area contributed by atoms with E-state index in [-0.39, 0.29) is 0 Å². The molecule has 0 atom stereocenters. The average Bonchev–Trinajstić information content (AvgIpc) is 4.01. The summed E-state index contributed by atoms with van der Waals surface area (Å²) in [6, 6.07) is 64.6. The van der Waals surface area contributed by atoms with Crippen LogP contribution in [-0.2, 0) is 0 Å². The number of rotatable bonds is 4. The zero-order valence-electron chi connectivity index (χ0n) is 30.5. The van der Waals surface area contributed by atoms with Crippen molar-refractivity contribution in [2.45, 2.75) is 0 Å². The Morgan fingerprint density at radius 2 is 0.667 bits per heavy atom. The van der Waals surface area contributed by atoms with Crippen LogP contribution in [0.15, 0.2) is 182 Å². The number of fused-ring (bicyclic) bond motifs is 12. The van der Waals surface area contributed by atoms with E-state index in [4.69, 9.17) is 15.0 Å². The Labute approximate surface area is 325 Å². The van der Waals surface area contributed by atoms with E-state index in [9.17, 15) is 0 Å². The highest BCUT2D eigenvalue weighted by atomic mass is 15.2. The minimum atomic E-state index is 0.569. The minimum absolute atomic E-state index is 0.569. The first-order chi connectivity index (χ1) is 28.3. The summed E-state index contributed by atoms with van der Waals surface area (Å²) < 4.78 is 6.97. The predicted molar refractivity (Wildman–Crippen MR) is 234 cm³/mol. The first-order valence-corrected chi connectivity index (χ1v) is 19.3. The van der Waals surface area contributed by atoms with Gasteiger partial charge in [0, 0.05) is 54.2 Å². The van der Waals surface area contributed by atoms with E-state index in [2.05, 4.69) is 196 Å². The highest BCUT2D eigenvalue weighted by Gasteiger charge is 2.24. The minimum Gasteiger partial charge on any atom is -0.309 e. The van der Waals surface area contributed by atoms with Crippen LogP contribution in [0.2, 0.25) is 0 Å². The normalized spacial score (nSPS) is 12.2. The largest absolute Gasteiger partial charge is 0.309 e. The van der Waals surface area contributed by atoms with Gasteiger partial charge in [0.1, 0.15) is 0 Å². The number of aromatic nitrogens is 6. The van der Waals surface area contributed by atoms with Gasteiger partial charge in [0.05, 0.1) is 44.3 Å². The van der Waals surface area contributed by atoms with Gasteiger partial charge in [0.15, 0.2) is 11.6 Å². The van der Waals surface area contributed by atoms with E-state index < -0.39 is 0 Å². The molecule has 0 saturated heterocycles. The molecule has 6 heteroatoms. The maximum Gasteiger partial charge on any atom is 0.238 e. The molecule has 0 amide bonds. The summed E-state index contributed by atoms with van der Waals surface area (Å²) in [6.07, 6.45) is 0. The average molecular weight is 727 g/mol. The smallest absolute Gasteiger partial charge is 0.238 e. The van der Waals surface area contributed by atoms with Crippen molar-refractivity contribution in [3.63, 3.8) is 0 Å². The fourth-order valence-corrected chi connectivity index (χ4v) is 9.53. The molecule has 264 valence electrons. The molecule has 6 nitrogen and oxygen atoms in total. The number of nitrogens with zero attached hydrogens (tertiary/aromatic N) is 6. The standard InChI is InChI=1S/C51H30N6/c1-7-25-41-31(15-1)32-16-2-8-26-42(32)55(41)46-30-12-6-20-39(46)49-52-50(54-51(53-49)56-43-27-9-3-17-33(43)34-18-4-10-28-44(34)56)40-24-14-23-38-37-22-13-21-36-35-19-5-11-29-45(35)57(47(36)37)48(38)40/h1-30H. The number of hydrogen-bond acceptors (Lipinski definition) is 3. The second-order valence-corrected chi connectivity index (χ2v) is 14.8. The number of para-hydroxylation sites is 8. The Bertz CT molecular complexity index is 3660. The molecule has 0 N–H and O–H groups in total. The van der Waals surface area contributed by atoms with E-state index in [1.807, 2.05) is 0 Å². The molecule has 0 unspecified atom stereocenters. The molecule has 57 heavy (non-hydrogen) atoms. The van der Waals surface area contributed by atoms with Crippen molar-refractivity contribution in [1.82, 2.24) is 28.5 Å². The van der Waals surface area contributed by atoms with Gasteiger partial charge in [-0.15, -0.1) is 0 Å². The number of benzene rings is 8. The van der Waals surface area contributed by atoms with Gasteiger partial charge in [-0.2, -0.15) is 9.97 Å². The van der Waals surface area contributed by atoms with Gasteiger partial charge in [0.25, 0.3) is 0 Å². The summed E-state index contributed by atoms with van der Waals surface area (Å²) in [5.41, 5.74) is 10.7. The van der Waals surface area contributed by atoms with Crippen molar-refractivity contribution >= 4 is 81.7 Å². The van der Waals surface area contributed by atoms with E-state index in [1.54, 1.807) is 0 Å². The molecule has 0 aliphatic carbocycles.